The number of aliphatic imine (C=N–C) groups is 2. The molecule has 2 aromatic rings. The Labute approximate surface area is 180 Å². The minimum atomic E-state index is -4.60. The first-order chi connectivity index (χ1) is 13.9. The largest absolute Gasteiger partial charge is 0.417 e. The Kier molecular flexibility index (Phi) is 6.32. The lowest BCUT2D eigenvalue weighted by Crippen LogP contribution is -2.30. The summed E-state index contributed by atoms with van der Waals surface area (Å²) >= 11 is 8.68. The predicted molar refractivity (Wildman–Crippen MR) is 106 cm³/mol. The van der Waals surface area contributed by atoms with Crippen LogP contribution in [-0.4, -0.2) is 18.3 Å². The van der Waals surface area contributed by atoms with E-state index in [1.807, 2.05) is 0 Å². The number of nitrogens with zero attached hydrogens (tertiary/aromatic N) is 2. The maximum Gasteiger partial charge on any atom is 0.417 e. The number of hydrogen-bond donors (Lipinski definition) is 2. The molecule has 0 spiro atoms. The van der Waals surface area contributed by atoms with Gasteiger partial charge in [-0.1, -0.05) is 23.7 Å². The molecular formula is C18H12BrClF6N4. The highest BCUT2D eigenvalue weighted by molar-refractivity contribution is 9.10. The summed E-state index contributed by atoms with van der Waals surface area (Å²) in [7, 11) is 0. The van der Waals surface area contributed by atoms with E-state index in [4.69, 9.17) is 11.6 Å². The van der Waals surface area contributed by atoms with Crippen molar-refractivity contribution >= 4 is 45.0 Å². The van der Waals surface area contributed by atoms with Crippen molar-refractivity contribution in [1.29, 1.82) is 0 Å². The minimum Gasteiger partial charge on any atom is -0.326 e. The van der Waals surface area contributed by atoms with Gasteiger partial charge in [-0.05, 0) is 45.8 Å². The summed E-state index contributed by atoms with van der Waals surface area (Å²) in [5.74, 6) is 0.587. The Morgan fingerprint density at radius 1 is 1.07 bits per heavy atom. The fourth-order valence-electron chi connectivity index (χ4n) is 2.52. The second kappa shape index (κ2) is 8.46. The molecule has 0 amide bonds. The first kappa shape index (κ1) is 22.4. The highest BCUT2D eigenvalue weighted by Gasteiger charge is 2.34. The van der Waals surface area contributed by atoms with Gasteiger partial charge in [-0.15, -0.1) is 0 Å². The van der Waals surface area contributed by atoms with Crippen LogP contribution in [0, 0.1) is 0 Å². The molecule has 1 aliphatic rings. The Morgan fingerprint density at radius 2 is 1.73 bits per heavy atom. The van der Waals surface area contributed by atoms with E-state index in [1.54, 1.807) is 0 Å². The van der Waals surface area contributed by atoms with Crippen LogP contribution in [0.2, 0.25) is 5.02 Å². The van der Waals surface area contributed by atoms with Gasteiger partial charge < -0.3 is 10.6 Å². The Balaban J connectivity index is 1.64. The van der Waals surface area contributed by atoms with Gasteiger partial charge in [-0.2, -0.15) is 26.3 Å². The van der Waals surface area contributed by atoms with Crippen LogP contribution in [0.5, 0.6) is 0 Å². The molecule has 4 nitrogen and oxygen atoms in total. The number of halogens is 8. The van der Waals surface area contributed by atoms with Gasteiger partial charge >= 0.3 is 12.4 Å². The van der Waals surface area contributed by atoms with Crippen LogP contribution >= 0.6 is 27.5 Å². The standard InChI is InChI=1S/C18H12BrClF6N4/c19-15-12(18(24,25)26)5-11(6-13(15)20)29-16-28-8-14(30-16)27-7-9-1-3-10(4-2-9)17(21,22)23/h1-6H,7-8H2,(H2,27,28,29,30). The molecule has 0 atom stereocenters. The summed E-state index contributed by atoms with van der Waals surface area (Å²) in [6, 6.07) is 6.78. The quantitative estimate of drug-likeness (QED) is 0.487. The van der Waals surface area contributed by atoms with Gasteiger partial charge in [0.1, 0.15) is 12.4 Å². The molecule has 1 aliphatic heterocycles. The fourth-order valence-corrected chi connectivity index (χ4v) is 3.19. The number of nitrogens with one attached hydrogen (secondary N) is 2. The van der Waals surface area contributed by atoms with Crippen molar-refractivity contribution in [3.63, 3.8) is 0 Å². The van der Waals surface area contributed by atoms with Crippen LogP contribution in [0.1, 0.15) is 16.7 Å². The number of rotatable bonds is 3. The minimum absolute atomic E-state index is 0.0748. The molecule has 2 aromatic carbocycles. The van der Waals surface area contributed by atoms with Gasteiger partial charge in [0.25, 0.3) is 0 Å². The van der Waals surface area contributed by atoms with Gasteiger partial charge in [0.15, 0.2) is 0 Å². The lowest BCUT2D eigenvalue weighted by Gasteiger charge is -2.14. The zero-order chi connectivity index (χ0) is 22.1. The number of anilines is 1. The van der Waals surface area contributed by atoms with Crippen LogP contribution in [0.15, 0.2) is 50.9 Å². The second-order valence-corrected chi connectivity index (χ2v) is 7.39. The maximum absolute atomic E-state index is 13.1. The van der Waals surface area contributed by atoms with E-state index in [0.717, 1.165) is 18.2 Å². The molecule has 0 saturated carbocycles. The molecule has 0 bridgehead atoms. The normalized spacial score (nSPS) is 15.9. The molecule has 0 unspecified atom stereocenters. The molecule has 0 aromatic heterocycles. The van der Waals surface area contributed by atoms with Gasteiger partial charge in [0.2, 0.25) is 5.96 Å². The summed E-state index contributed by atoms with van der Waals surface area (Å²) in [5.41, 5.74) is -1.05. The number of guanidine groups is 1. The van der Waals surface area contributed by atoms with Crippen molar-refractivity contribution in [2.75, 3.05) is 11.9 Å². The van der Waals surface area contributed by atoms with Gasteiger partial charge in [0, 0.05) is 10.2 Å². The molecule has 0 saturated heterocycles. The van der Waals surface area contributed by atoms with E-state index in [-0.39, 0.29) is 34.2 Å². The molecule has 160 valence electrons. The molecule has 0 fully saturated rings. The molecule has 0 aliphatic carbocycles. The molecule has 12 heteroatoms. The smallest absolute Gasteiger partial charge is 0.326 e. The molecule has 3 rings (SSSR count). The van der Waals surface area contributed by atoms with Crippen molar-refractivity contribution in [2.45, 2.75) is 18.9 Å². The lowest BCUT2D eigenvalue weighted by atomic mass is 10.1. The molecule has 0 radical (unpaired) electrons. The molecular weight excluding hydrogens is 502 g/mol. The fraction of sp³-hybridized carbons (Fsp3) is 0.222. The second-order valence-electron chi connectivity index (χ2n) is 6.19. The first-order valence-electron chi connectivity index (χ1n) is 8.27. The summed E-state index contributed by atoms with van der Waals surface area (Å²) < 4.78 is 76.7. The van der Waals surface area contributed by atoms with E-state index in [2.05, 4.69) is 36.5 Å². The highest BCUT2D eigenvalue weighted by Crippen LogP contribution is 2.40. The summed E-state index contributed by atoms with van der Waals surface area (Å²) in [4.78, 5) is 8.32. The van der Waals surface area contributed by atoms with E-state index in [0.29, 0.717) is 11.4 Å². The van der Waals surface area contributed by atoms with Crippen molar-refractivity contribution in [3.8, 4) is 0 Å². The third-order valence-electron chi connectivity index (χ3n) is 3.98. The van der Waals surface area contributed by atoms with Crippen molar-refractivity contribution in [3.05, 3.63) is 62.6 Å². The number of benzene rings is 2. The van der Waals surface area contributed by atoms with E-state index < -0.39 is 23.5 Å². The van der Waals surface area contributed by atoms with Gasteiger partial charge in [0.05, 0.1) is 22.7 Å². The van der Waals surface area contributed by atoms with Crippen LogP contribution < -0.4 is 10.6 Å². The van der Waals surface area contributed by atoms with Crippen molar-refractivity contribution in [2.24, 2.45) is 9.98 Å². The third-order valence-corrected chi connectivity index (χ3v) is 5.36. The number of alkyl halides is 6. The molecule has 30 heavy (non-hydrogen) atoms. The van der Waals surface area contributed by atoms with Crippen LogP contribution in [-0.2, 0) is 18.9 Å². The van der Waals surface area contributed by atoms with Crippen LogP contribution in [0.25, 0.3) is 0 Å². The Morgan fingerprint density at radius 3 is 2.33 bits per heavy atom. The van der Waals surface area contributed by atoms with Crippen molar-refractivity contribution in [1.82, 2.24) is 5.32 Å². The highest BCUT2D eigenvalue weighted by atomic mass is 79.9. The monoisotopic (exact) mass is 512 g/mol. The van der Waals surface area contributed by atoms with Gasteiger partial charge in [-0.3, -0.25) is 4.99 Å². The van der Waals surface area contributed by atoms with Crippen molar-refractivity contribution < 1.29 is 26.3 Å². The Bertz CT molecular complexity index is 999. The zero-order valence-electron chi connectivity index (χ0n) is 14.8. The third kappa shape index (κ3) is 5.45. The van der Waals surface area contributed by atoms with Gasteiger partial charge in [-0.25, -0.2) is 4.99 Å². The van der Waals surface area contributed by atoms with E-state index in [1.165, 1.54) is 18.2 Å². The molecule has 1 heterocycles. The summed E-state index contributed by atoms with van der Waals surface area (Å²) in [5, 5.41) is 5.39. The maximum atomic E-state index is 13.1. The summed E-state index contributed by atoms with van der Waals surface area (Å²) in [6.07, 6.45) is -9.01. The summed E-state index contributed by atoms with van der Waals surface area (Å²) in [6.45, 7) is 0.255. The van der Waals surface area contributed by atoms with Crippen LogP contribution in [0.4, 0.5) is 32.0 Å². The predicted octanol–water partition coefficient (Wildman–Crippen LogP) is 6.11. The SMILES string of the molecule is FC(F)(F)c1ccc(CN=C2CN=C(Nc3cc(Cl)c(Br)c(C(F)(F)F)c3)N2)cc1. The average Bonchev–Trinajstić information content (AvgIpc) is 3.09. The average molecular weight is 514 g/mol. The molecule has 2 N–H and O–H groups in total. The first-order valence-corrected chi connectivity index (χ1v) is 9.45. The van der Waals surface area contributed by atoms with Crippen LogP contribution in [0.3, 0.4) is 0 Å². The van der Waals surface area contributed by atoms with E-state index >= 15 is 0 Å². The number of amidine groups is 1. The number of hydrogen-bond acceptors (Lipinski definition) is 3. The van der Waals surface area contributed by atoms with E-state index in [9.17, 15) is 26.3 Å². The topological polar surface area (TPSA) is 48.8 Å². The zero-order valence-corrected chi connectivity index (χ0v) is 17.1. The Hall–Kier alpha value is -2.27. The lowest BCUT2D eigenvalue weighted by molar-refractivity contribution is -0.138.